The first-order valence-corrected chi connectivity index (χ1v) is 7.59. The Labute approximate surface area is 149 Å². The number of aromatic nitrogens is 2. The number of likely N-dealkylation sites (N-methyl/N-ethyl adjacent to an activating group) is 1. The minimum Gasteiger partial charge on any atom is -0.486 e. The molecule has 2 N–H and O–H groups in total. The molecule has 0 spiro atoms. The molecule has 0 saturated carbocycles. The van der Waals surface area contributed by atoms with Crippen molar-refractivity contribution in [3.8, 4) is 5.75 Å². The summed E-state index contributed by atoms with van der Waals surface area (Å²) in [4.78, 5) is 12.4. The van der Waals surface area contributed by atoms with Gasteiger partial charge in [0.1, 0.15) is 17.4 Å². The van der Waals surface area contributed by atoms with Crippen LogP contribution in [-0.2, 0) is 11.8 Å². The van der Waals surface area contributed by atoms with Gasteiger partial charge in [-0.15, -0.1) is 12.4 Å². The lowest BCUT2D eigenvalue weighted by Gasteiger charge is -2.27. The van der Waals surface area contributed by atoms with Crippen molar-refractivity contribution in [2.24, 2.45) is 7.05 Å². The second-order valence-corrected chi connectivity index (χ2v) is 6.06. The van der Waals surface area contributed by atoms with Gasteiger partial charge in [0.15, 0.2) is 0 Å². The van der Waals surface area contributed by atoms with Gasteiger partial charge >= 0.3 is 0 Å². The van der Waals surface area contributed by atoms with Gasteiger partial charge in [-0.1, -0.05) is 18.2 Å². The van der Waals surface area contributed by atoms with Gasteiger partial charge in [-0.3, -0.25) is 9.48 Å². The van der Waals surface area contributed by atoms with Crippen LogP contribution in [0.3, 0.4) is 0 Å². The van der Waals surface area contributed by atoms with E-state index in [0.29, 0.717) is 6.54 Å². The molecular weight excluding hydrogens is 328 g/mol. The van der Waals surface area contributed by atoms with Crippen LogP contribution < -0.4 is 15.4 Å². The summed E-state index contributed by atoms with van der Waals surface area (Å²) >= 11 is 0. The molecule has 0 aliphatic carbocycles. The number of hydrogen-bond acceptors (Lipinski definition) is 4. The number of para-hydroxylation sites is 1. The number of aryl methyl sites for hydroxylation is 1. The molecule has 0 bridgehead atoms. The van der Waals surface area contributed by atoms with Crippen molar-refractivity contribution in [1.29, 1.82) is 0 Å². The Bertz CT molecular complexity index is 643. The predicted molar refractivity (Wildman–Crippen MR) is 96.4 cm³/mol. The first kappa shape index (κ1) is 20.0. The number of ether oxygens (including phenoxy) is 1. The van der Waals surface area contributed by atoms with Gasteiger partial charge in [-0.25, -0.2) is 0 Å². The van der Waals surface area contributed by atoms with Gasteiger partial charge in [-0.2, -0.15) is 5.10 Å². The highest BCUT2D eigenvalue weighted by Crippen LogP contribution is 2.17. The lowest BCUT2D eigenvalue weighted by atomic mass is 10.1. The average Bonchev–Trinajstić information content (AvgIpc) is 2.93. The van der Waals surface area contributed by atoms with Crippen LogP contribution in [0.25, 0.3) is 0 Å². The van der Waals surface area contributed by atoms with Crippen molar-refractivity contribution in [2.45, 2.75) is 25.5 Å². The fourth-order valence-corrected chi connectivity index (χ4v) is 2.28. The van der Waals surface area contributed by atoms with E-state index >= 15 is 0 Å². The normalized spacial score (nSPS) is 12.2. The highest BCUT2D eigenvalue weighted by molar-refractivity contribution is 5.85. The number of rotatable bonds is 7. The number of nitrogens with one attached hydrogen (secondary N) is 2. The molecule has 0 radical (unpaired) electrons. The topological polar surface area (TPSA) is 68.2 Å². The quantitative estimate of drug-likeness (QED) is 0.800. The van der Waals surface area contributed by atoms with E-state index in [2.05, 4.69) is 15.7 Å². The smallest absolute Gasteiger partial charge is 0.241 e. The van der Waals surface area contributed by atoms with E-state index in [1.807, 2.05) is 57.4 Å². The molecule has 2 aromatic rings. The molecular formula is C17H25ClN4O2. The Balaban J connectivity index is 0.00000288. The zero-order valence-electron chi connectivity index (χ0n) is 14.4. The Morgan fingerprint density at radius 1 is 1.33 bits per heavy atom. The van der Waals surface area contributed by atoms with E-state index < -0.39 is 11.6 Å². The van der Waals surface area contributed by atoms with Gasteiger partial charge in [-0.05, 0) is 33.0 Å². The van der Waals surface area contributed by atoms with Crippen LogP contribution in [0.5, 0.6) is 5.75 Å². The molecule has 1 atom stereocenters. The number of nitrogens with zero attached hydrogens (tertiary/aromatic N) is 2. The van der Waals surface area contributed by atoms with Crippen molar-refractivity contribution >= 4 is 18.3 Å². The minimum atomic E-state index is -0.510. The summed E-state index contributed by atoms with van der Waals surface area (Å²) in [6, 6.07) is 9.14. The second kappa shape index (κ2) is 8.70. The molecule has 6 nitrogen and oxygen atoms in total. The molecule has 132 valence electrons. The van der Waals surface area contributed by atoms with Crippen molar-refractivity contribution in [3.63, 3.8) is 0 Å². The predicted octanol–water partition coefficient (Wildman–Crippen LogP) is 2.08. The number of carbonyl (C=O) groups is 1. The lowest BCUT2D eigenvalue weighted by Crippen LogP contribution is -2.45. The molecule has 7 heteroatoms. The van der Waals surface area contributed by atoms with Crippen LogP contribution >= 0.6 is 12.4 Å². The molecule has 2 rings (SSSR count). The van der Waals surface area contributed by atoms with Gasteiger partial charge in [0.05, 0.1) is 12.7 Å². The fraction of sp³-hybridized carbons (Fsp3) is 0.412. The molecule has 0 saturated heterocycles. The van der Waals surface area contributed by atoms with Crippen molar-refractivity contribution in [3.05, 3.63) is 48.3 Å². The highest BCUT2D eigenvalue weighted by atomic mass is 35.5. The Hall–Kier alpha value is -2.05. The SMILES string of the molecule is CNC(C(=O)NCC(C)(C)Oc1ccccc1)c1cnn(C)c1.Cl. The zero-order valence-corrected chi connectivity index (χ0v) is 15.3. The summed E-state index contributed by atoms with van der Waals surface area (Å²) in [6.45, 7) is 4.29. The maximum atomic E-state index is 12.4. The van der Waals surface area contributed by atoms with Gasteiger partial charge in [0, 0.05) is 18.8 Å². The van der Waals surface area contributed by atoms with Crippen LogP contribution in [0.4, 0.5) is 0 Å². The van der Waals surface area contributed by atoms with Gasteiger partial charge in [0.2, 0.25) is 5.91 Å². The Kier molecular flexibility index (Phi) is 7.25. The minimum absolute atomic E-state index is 0. The summed E-state index contributed by atoms with van der Waals surface area (Å²) in [5.74, 6) is 0.675. The summed E-state index contributed by atoms with van der Waals surface area (Å²) in [6.07, 6.45) is 3.51. The third-order valence-electron chi connectivity index (χ3n) is 3.43. The summed E-state index contributed by atoms with van der Waals surface area (Å²) in [7, 11) is 3.58. The van der Waals surface area contributed by atoms with Crippen LogP contribution in [0, 0.1) is 0 Å². The van der Waals surface area contributed by atoms with Crippen molar-refractivity contribution in [2.75, 3.05) is 13.6 Å². The van der Waals surface area contributed by atoms with E-state index in [9.17, 15) is 4.79 Å². The largest absolute Gasteiger partial charge is 0.486 e. The number of amides is 1. The highest BCUT2D eigenvalue weighted by Gasteiger charge is 2.25. The standard InChI is InChI=1S/C17H24N4O2.ClH/c1-17(2,23-14-8-6-5-7-9-14)12-19-16(22)15(18-3)13-10-20-21(4)11-13;/h5-11,15,18H,12H2,1-4H3,(H,19,22);1H. The van der Waals surface area contributed by atoms with Crippen molar-refractivity contribution in [1.82, 2.24) is 20.4 Å². The second-order valence-electron chi connectivity index (χ2n) is 6.06. The molecule has 1 heterocycles. The van der Waals surface area contributed by atoms with Crippen LogP contribution in [0.2, 0.25) is 0 Å². The molecule has 1 unspecified atom stereocenters. The zero-order chi connectivity index (χ0) is 16.9. The Morgan fingerprint density at radius 3 is 2.54 bits per heavy atom. The monoisotopic (exact) mass is 352 g/mol. The third kappa shape index (κ3) is 5.54. The maximum Gasteiger partial charge on any atom is 0.241 e. The van der Waals surface area contributed by atoms with E-state index in [-0.39, 0.29) is 18.3 Å². The first-order chi connectivity index (χ1) is 10.9. The van der Waals surface area contributed by atoms with E-state index in [0.717, 1.165) is 11.3 Å². The Morgan fingerprint density at radius 2 is 2.00 bits per heavy atom. The van der Waals surface area contributed by atoms with E-state index in [1.54, 1.807) is 17.9 Å². The van der Waals surface area contributed by atoms with Crippen LogP contribution in [0.15, 0.2) is 42.7 Å². The number of halogens is 1. The summed E-state index contributed by atoms with van der Waals surface area (Å²) in [5.41, 5.74) is 0.318. The first-order valence-electron chi connectivity index (χ1n) is 7.59. The molecule has 1 amide bonds. The fourth-order valence-electron chi connectivity index (χ4n) is 2.28. The van der Waals surface area contributed by atoms with Gasteiger partial charge < -0.3 is 15.4 Å². The maximum absolute atomic E-state index is 12.4. The van der Waals surface area contributed by atoms with E-state index in [4.69, 9.17) is 4.74 Å². The number of hydrogen-bond donors (Lipinski definition) is 2. The van der Waals surface area contributed by atoms with Gasteiger partial charge in [0.25, 0.3) is 0 Å². The third-order valence-corrected chi connectivity index (χ3v) is 3.43. The summed E-state index contributed by atoms with van der Waals surface area (Å²) in [5, 5.41) is 10.1. The lowest BCUT2D eigenvalue weighted by molar-refractivity contribution is -0.124. The molecule has 24 heavy (non-hydrogen) atoms. The number of benzene rings is 1. The molecule has 0 fully saturated rings. The van der Waals surface area contributed by atoms with Crippen LogP contribution in [0.1, 0.15) is 25.5 Å². The molecule has 0 aliphatic heterocycles. The average molecular weight is 353 g/mol. The molecule has 1 aromatic carbocycles. The summed E-state index contributed by atoms with van der Waals surface area (Å²) < 4.78 is 7.60. The van der Waals surface area contributed by atoms with Crippen LogP contribution in [-0.4, -0.2) is 34.9 Å². The van der Waals surface area contributed by atoms with Crippen molar-refractivity contribution < 1.29 is 9.53 Å². The molecule has 0 aliphatic rings. The van der Waals surface area contributed by atoms with E-state index in [1.165, 1.54) is 0 Å². The number of carbonyl (C=O) groups excluding carboxylic acids is 1. The molecule has 1 aromatic heterocycles.